The van der Waals surface area contributed by atoms with Crippen LogP contribution in [0, 0.1) is 5.82 Å². The zero-order valence-electron chi connectivity index (χ0n) is 17.4. The number of benzene rings is 1. The second-order valence-electron chi connectivity index (χ2n) is 7.26. The number of carbonyl (C=O) groups excluding carboxylic acids is 2. The summed E-state index contributed by atoms with van der Waals surface area (Å²) in [4.78, 5) is 28.3. The minimum atomic E-state index is -1.68. The Balaban J connectivity index is 2.22. The van der Waals surface area contributed by atoms with E-state index < -0.39 is 48.8 Å². The summed E-state index contributed by atoms with van der Waals surface area (Å²) < 4.78 is 18.6. The number of hydrogen-bond donors (Lipinski definition) is 7. The topological polar surface area (TPSA) is 193 Å². The number of rotatable bonds is 9. The van der Waals surface area contributed by atoms with Gasteiger partial charge < -0.3 is 42.2 Å². The summed E-state index contributed by atoms with van der Waals surface area (Å²) in [6.45, 7) is 0.628. The van der Waals surface area contributed by atoms with Gasteiger partial charge in [-0.2, -0.15) is 0 Å². The third-order valence-corrected chi connectivity index (χ3v) is 4.73. The molecular formula is C20H28FN5O6. The van der Waals surface area contributed by atoms with Gasteiger partial charge in [-0.15, -0.1) is 0 Å². The maximum absolute atomic E-state index is 13.0. The molecule has 2 rings (SSSR count). The molecule has 0 radical (unpaired) electrons. The van der Waals surface area contributed by atoms with E-state index in [2.05, 4.69) is 15.6 Å². The summed E-state index contributed by atoms with van der Waals surface area (Å²) in [7, 11) is 0. The van der Waals surface area contributed by atoms with Gasteiger partial charge in [-0.1, -0.05) is 12.1 Å². The molecule has 11 nitrogen and oxygen atoms in total. The lowest BCUT2D eigenvalue weighted by Gasteiger charge is -2.39. The molecule has 0 aromatic heterocycles. The van der Waals surface area contributed by atoms with Crippen LogP contribution < -0.4 is 22.1 Å². The Morgan fingerprint density at radius 3 is 2.47 bits per heavy atom. The summed E-state index contributed by atoms with van der Waals surface area (Å²) >= 11 is 0. The maximum Gasteiger partial charge on any atom is 0.286 e. The zero-order valence-corrected chi connectivity index (χ0v) is 17.4. The zero-order chi connectivity index (χ0) is 23.8. The number of nitrogens with zero attached hydrogens (tertiary/aromatic N) is 1. The van der Waals surface area contributed by atoms with Crippen molar-refractivity contribution in [3.63, 3.8) is 0 Å². The van der Waals surface area contributed by atoms with Gasteiger partial charge in [0.15, 0.2) is 11.7 Å². The second kappa shape index (κ2) is 11.4. The summed E-state index contributed by atoms with van der Waals surface area (Å²) in [6.07, 6.45) is -2.94. The summed E-state index contributed by atoms with van der Waals surface area (Å²) in [5.41, 5.74) is 11.7. The molecule has 0 fully saturated rings. The lowest BCUT2D eigenvalue weighted by Crippen LogP contribution is -2.60. The summed E-state index contributed by atoms with van der Waals surface area (Å²) in [5.74, 6) is -2.09. The molecule has 0 unspecified atom stereocenters. The van der Waals surface area contributed by atoms with Crippen LogP contribution >= 0.6 is 0 Å². The van der Waals surface area contributed by atoms with Gasteiger partial charge in [0.25, 0.3) is 5.91 Å². The molecule has 5 atom stereocenters. The van der Waals surface area contributed by atoms with Gasteiger partial charge >= 0.3 is 0 Å². The van der Waals surface area contributed by atoms with E-state index in [1.165, 1.54) is 25.1 Å². The number of guanidine groups is 1. The highest BCUT2D eigenvalue weighted by Gasteiger charge is 2.43. The minimum Gasteiger partial charge on any atom is -0.480 e. The van der Waals surface area contributed by atoms with E-state index in [1.807, 2.05) is 0 Å². The van der Waals surface area contributed by atoms with E-state index in [4.69, 9.17) is 16.2 Å². The highest BCUT2D eigenvalue weighted by atomic mass is 19.1. The highest BCUT2D eigenvalue weighted by molar-refractivity contribution is 5.92. The number of aliphatic hydroxyl groups is 3. The molecule has 1 aliphatic heterocycles. The number of carbonyl (C=O) groups is 2. The van der Waals surface area contributed by atoms with Crippen molar-refractivity contribution in [1.29, 1.82) is 0 Å². The van der Waals surface area contributed by atoms with Gasteiger partial charge in [-0.3, -0.25) is 9.59 Å². The van der Waals surface area contributed by atoms with Crippen molar-refractivity contribution in [2.24, 2.45) is 16.5 Å². The number of nitrogens with one attached hydrogen (secondary N) is 2. The molecule has 1 aromatic carbocycles. The smallest absolute Gasteiger partial charge is 0.286 e. The first-order valence-electron chi connectivity index (χ1n) is 9.86. The van der Waals surface area contributed by atoms with E-state index in [-0.39, 0.29) is 24.1 Å². The quantitative estimate of drug-likeness (QED) is 0.159. The van der Waals surface area contributed by atoms with Gasteiger partial charge in [0, 0.05) is 13.5 Å². The maximum atomic E-state index is 13.0. The molecule has 0 saturated heterocycles. The van der Waals surface area contributed by atoms with E-state index in [9.17, 15) is 29.3 Å². The normalized spacial score (nSPS) is 22.0. The third-order valence-electron chi connectivity index (χ3n) is 4.73. The molecule has 12 heteroatoms. The fourth-order valence-electron chi connectivity index (χ4n) is 3.20. The third kappa shape index (κ3) is 6.90. The molecule has 1 aliphatic rings. The van der Waals surface area contributed by atoms with Crippen molar-refractivity contribution in [3.05, 3.63) is 47.5 Å². The monoisotopic (exact) mass is 453 g/mol. The first kappa shape index (κ1) is 25.0. The number of aliphatic hydroxyl groups excluding tert-OH is 3. The Morgan fingerprint density at radius 2 is 1.91 bits per heavy atom. The van der Waals surface area contributed by atoms with Crippen LogP contribution in [0.3, 0.4) is 0 Å². The van der Waals surface area contributed by atoms with Crippen LogP contribution in [0.1, 0.15) is 12.5 Å². The number of halogens is 1. The lowest BCUT2D eigenvalue weighted by molar-refractivity contribution is -0.134. The van der Waals surface area contributed by atoms with Gasteiger partial charge in [0.2, 0.25) is 5.91 Å². The molecule has 0 saturated carbocycles. The Kier molecular flexibility index (Phi) is 8.93. The lowest BCUT2D eigenvalue weighted by atomic mass is 9.92. The average molecular weight is 453 g/mol. The summed E-state index contributed by atoms with van der Waals surface area (Å²) in [5, 5.41) is 34.7. The minimum absolute atomic E-state index is 0.194. The van der Waals surface area contributed by atoms with Crippen LogP contribution in [0.5, 0.6) is 0 Å². The molecule has 0 spiro atoms. The Morgan fingerprint density at radius 1 is 1.25 bits per heavy atom. The largest absolute Gasteiger partial charge is 0.480 e. The number of amides is 2. The van der Waals surface area contributed by atoms with E-state index >= 15 is 0 Å². The molecular weight excluding hydrogens is 425 g/mol. The highest BCUT2D eigenvalue weighted by Crippen LogP contribution is 2.25. The van der Waals surface area contributed by atoms with Crippen LogP contribution in [-0.4, -0.2) is 76.6 Å². The SMILES string of the molecule is CC(=O)N[C@H]1[C@H]([C@H](O)[C@H](O)CO)OC(C(=O)NCCc2ccc(F)cc2)=C[C@@H]1N=C(N)N. The number of nitrogens with two attached hydrogens (primary N) is 2. The van der Waals surface area contributed by atoms with Crippen LogP contribution in [0.25, 0.3) is 0 Å². The van der Waals surface area contributed by atoms with Crippen LogP contribution in [0.4, 0.5) is 4.39 Å². The number of aliphatic imine (C=N–C) groups is 1. The number of hydrogen-bond acceptors (Lipinski definition) is 7. The Hall–Kier alpha value is -3.22. The van der Waals surface area contributed by atoms with Crippen LogP contribution in [0.2, 0.25) is 0 Å². The Bertz CT molecular complexity index is 859. The van der Waals surface area contributed by atoms with Crippen molar-refractivity contribution in [3.8, 4) is 0 Å². The number of ether oxygens (including phenoxy) is 1. The van der Waals surface area contributed by atoms with Crippen molar-refractivity contribution >= 4 is 17.8 Å². The van der Waals surface area contributed by atoms with Crippen molar-refractivity contribution in [1.82, 2.24) is 10.6 Å². The molecule has 0 aliphatic carbocycles. The fourth-order valence-corrected chi connectivity index (χ4v) is 3.20. The molecule has 1 aromatic rings. The van der Waals surface area contributed by atoms with E-state index in [1.54, 1.807) is 12.1 Å². The van der Waals surface area contributed by atoms with Crippen LogP contribution in [0.15, 0.2) is 41.1 Å². The predicted molar refractivity (Wildman–Crippen MR) is 112 cm³/mol. The van der Waals surface area contributed by atoms with E-state index in [0.717, 1.165) is 5.56 Å². The predicted octanol–water partition coefficient (Wildman–Crippen LogP) is -2.37. The molecule has 1 heterocycles. The van der Waals surface area contributed by atoms with Gasteiger partial charge in [-0.25, -0.2) is 9.38 Å². The standard InChI is InChI=1S/C20H28FN5O6/c1-10(28)25-16-13(26-20(22)23)8-15(32-18(16)17(30)14(29)9-27)19(31)24-7-6-11-2-4-12(21)5-3-11/h2-5,8,13-14,16-18,27,29-30H,6-7,9H2,1H3,(H,24,31)(H,25,28)(H4,22,23,26)/t13-,14+,16+,17+,18+/m0/s1. The molecule has 0 bridgehead atoms. The van der Waals surface area contributed by atoms with Gasteiger partial charge in [-0.05, 0) is 30.2 Å². The molecule has 176 valence electrons. The molecule has 9 N–H and O–H groups in total. The van der Waals surface area contributed by atoms with Gasteiger partial charge in [0.1, 0.15) is 24.1 Å². The first-order chi connectivity index (χ1) is 15.1. The summed E-state index contributed by atoms with van der Waals surface area (Å²) in [6, 6.07) is 3.76. The molecule has 32 heavy (non-hydrogen) atoms. The van der Waals surface area contributed by atoms with E-state index in [0.29, 0.717) is 6.42 Å². The Labute approximate surface area is 184 Å². The van der Waals surface area contributed by atoms with Crippen molar-refractivity contribution in [2.45, 2.75) is 43.7 Å². The second-order valence-corrected chi connectivity index (χ2v) is 7.26. The van der Waals surface area contributed by atoms with Crippen molar-refractivity contribution < 1.29 is 34.0 Å². The van der Waals surface area contributed by atoms with Crippen molar-refractivity contribution in [2.75, 3.05) is 13.2 Å². The van der Waals surface area contributed by atoms with Gasteiger partial charge in [0.05, 0.1) is 18.7 Å². The average Bonchev–Trinajstić information content (AvgIpc) is 2.74. The fraction of sp³-hybridized carbons (Fsp3) is 0.450. The molecule has 2 amide bonds. The first-order valence-corrected chi connectivity index (χ1v) is 9.86. The van der Waals surface area contributed by atoms with Crippen LogP contribution in [-0.2, 0) is 20.7 Å².